The molecule has 1 aromatic rings. The zero-order valence-corrected chi connectivity index (χ0v) is 13.2. The van der Waals surface area contributed by atoms with Gasteiger partial charge in [-0.1, -0.05) is 0 Å². The predicted octanol–water partition coefficient (Wildman–Crippen LogP) is 2.08. The van der Waals surface area contributed by atoms with Crippen molar-refractivity contribution in [3.63, 3.8) is 0 Å². The van der Waals surface area contributed by atoms with Crippen LogP contribution in [-0.2, 0) is 10.0 Å². The predicted molar refractivity (Wildman–Crippen MR) is 81.5 cm³/mol. The highest BCUT2D eigenvalue weighted by atomic mass is 32.2. The molecule has 1 aliphatic heterocycles. The number of hydrogen-bond donors (Lipinski definition) is 1. The molecule has 0 aliphatic carbocycles. The number of anilines is 1. The van der Waals surface area contributed by atoms with Gasteiger partial charge in [0.15, 0.2) is 0 Å². The molecule has 0 aromatic heterocycles. The summed E-state index contributed by atoms with van der Waals surface area (Å²) < 4.78 is 27.1. The van der Waals surface area contributed by atoms with Crippen LogP contribution in [0.25, 0.3) is 0 Å². The third kappa shape index (κ3) is 2.90. The molecule has 1 aromatic carbocycles. The van der Waals surface area contributed by atoms with Crippen LogP contribution < -0.4 is 5.32 Å². The highest BCUT2D eigenvalue weighted by molar-refractivity contribution is 7.99. The zero-order chi connectivity index (χ0) is 14.0. The number of sulfonamides is 1. The number of rotatable bonds is 3. The van der Waals surface area contributed by atoms with Crippen LogP contribution in [0, 0.1) is 13.8 Å². The van der Waals surface area contributed by atoms with Gasteiger partial charge in [0, 0.05) is 37.3 Å². The van der Waals surface area contributed by atoms with Gasteiger partial charge in [0.25, 0.3) is 0 Å². The molecule has 1 aliphatic rings. The summed E-state index contributed by atoms with van der Waals surface area (Å²) in [6, 6.07) is 3.77. The Kier molecular flexibility index (Phi) is 4.43. The molecule has 6 heteroatoms. The summed E-state index contributed by atoms with van der Waals surface area (Å²) in [5.74, 6) is 1.76. The molecule has 1 saturated heterocycles. The van der Waals surface area contributed by atoms with Gasteiger partial charge in [-0.05, 0) is 37.1 Å². The lowest BCUT2D eigenvalue weighted by Crippen LogP contribution is -2.38. The van der Waals surface area contributed by atoms with Crippen LogP contribution in [0.3, 0.4) is 0 Å². The van der Waals surface area contributed by atoms with Crippen molar-refractivity contribution < 1.29 is 8.42 Å². The fourth-order valence-electron chi connectivity index (χ4n) is 2.42. The number of benzene rings is 1. The minimum absolute atomic E-state index is 0.471. The van der Waals surface area contributed by atoms with Gasteiger partial charge in [-0.2, -0.15) is 16.1 Å². The molecule has 0 amide bonds. The van der Waals surface area contributed by atoms with Crippen LogP contribution in [0.4, 0.5) is 5.69 Å². The fraction of sp³-hybridized carbons (Fsp3) is 0.538. The van der Waals surface area contributed by atoms with E-state index in [0.717, 1.165) is 28.3 Å². The van der Waals surface area contributed by atoms with Crippen molar-refractivity contribution in [3.05, 3.63) is 23.3 Å². The molecule has 0 unspecified atom stereocenters. The average molecular weight is 300 g/mol. The lowest BCUT2D eigenvalue weighted by molar-refractivity contribution is 0.443. The van der Waals surface area contributed by atoms with E-state index < -0.39 is 10.0 Å². The molecule has 1 fully saturated rings. The Morgan fingerprint density at radius 1 is 1.16 bits per heavy atom. The largest absolute Gasteiger partial charge is 0.388 e. The summed E-state index contributed by atoms with van der Waals surface area (Å²) in [4.78, 5) is 0.471. The first-order valence-corrected chi connectivity index (χ1v) is 8.93. The summed E-state index contributed by atoms with van der Waals surface area (Å²) in [5.41, 5.74) is 2.56. The van der Waals surface area contributed by atoms with Gasteiger partial charge in [0.1, 0.15) is 0 Å². The lowest BCUT2D eigenvalue weighted by atomic mass is 10.1. The van der Waals surface area contributed by atoms with E-state index in [0.29, 0.717) is 18.0 Å². The zero-order valence-electron chi connectivity index (χ0n) is 11.6. The minimum atomic E-state index is -3.36. The van der Waals surface area contributed by atoms with Crippen molar-refractivity contribution in [2.24, 2.45) is 0 Å². The maximum atomic E-state index is 12.7. The molecule has 0 atom stereocenters. The number of aryl methyl sites for hydroxylation is 2. The molecular formula is C13H20N2O2S2. The van der Waals surface area contributed by atoms with E-state index in [9.17, 15) is 8.42 Å². The summed E-state index contributed by atoms with van der Waals surface area (Å²) in [7, 11) is -1.52. The molecule has 1 heterocycles. The van der Waals surface area contributed by atoms with Crippen LogP contribution in [0.1, 0.15) is 11.1 Å². The molecular weight excluding hydrogens is 280 g/mol. The van der Waals surface area contributed by atoms with Crippen LogP contribution in [-0.4, -0.2) is 44.4 Å². The van der Waals surface area contributed by atoms with Crippen molar-refractivity contribution in [2.75, 3.05) is 37.0 Å². The molecule has 0 bridgehead atoms. The van der Waals surface area contributed by atoms with E-state index in [4.69, 9.17) is 0 Å². The summed E-state index contributed by atoms with van der Waals surface area (Å²) in [6.07, 6.45) is 0. The second kappa shape index (κ2) is 5.73. The van der Waals surface area contributed by atoms with Gasteiger partial charge in [-0.15, -0.1) is 0 Å². The molecule has 0 radical (unpaired) electrons. The number of thioether (sulfide) groups is 1. The smallest absolute Gasteiger partial charge is 0.243 e. The molecule has 0 spiro atoms. The Balaban J connectivity index is 2.45. The summed E-state index contributed by atoms with van der Waals surface area (Å²) in [5, 5.41) is 3.06. The van der Waals surface area contributed by atoms with E-state index in [1.54, 1.807) is 4.31 Å². The van der Waals surface area contributed by atoms with Crippen LogP contribution >= 0.6 is 11.8 Å². The molecule has 0 saturated carbocycles. The molecule has 4 nitrogen and oxygen atoms in total. The van der Waals surface area contributed by atoms with Gasteiger partial charge in [-0.25, -0.2) is 8.42 Å². The highest BCUT2D eigenvalue weighted by Crippen LogP contribution is 2.28. The first-order chi connectivity index (χ1) is 8.96. The summed E-state index contributed by atoms with van der Waals surface area (Å²) in [6.45, 7) is 4.94. The van der Waals surface area contributed by atoms with Crippen LogP contribution in [0.2, 0.25) is 0 Å². The third-order valence-electron chi connectivity index (χ3n) is 3.32. The first-order valence-electron chi connectivity index (χ1n) is 6.33. The second-order valence-corrected chi connectivity index (χ2v) is 7.81. The standard InChI is InChI=1S/C13H20N2O2S2/c1-10-8-12(14-3)9-11(2)13(10)19(16,17)15-4-6-18-7-5-15/h8-9,14H,4-7H2,1-3H3. The Hall–Kier alpha value is -0.720. The van der Waals surface area contributed by atoms with E-state index in [2.05, 4.69) is 5.32 Å². The average Bonchev–Trinajstić information content (AvgIpc) is 2.38. The maximum Gasteiger partial charge on any atom is 0.243 e. The minimum Gasteiger partial charge on any atom is -0.388 e. The van der Waals surface area contributed by atoms with Crippen LogP contribution in [0.15, 0.2) is 17.0 Å². The first kappa shape index (κ1) is 14.7. The Labute approximate surface area is 119 Å². The Bertz CT molecular complexity index is 541. The second-order valence-electron chi connectivity index (χ2n) is 4.71. The van der Waals surface area contributed by atoms with Crippen molar-refractivity contribution in [2.45, 2.75) is 18.7 Å². The highest BCUT2D eigenvalue weighted by Gasteiger charge is 2.29. The van der Waals surface area contributed by atoms with Gasteiger partial charge in [0.2, 0.25) is 10.0 Å². The van der Waals surface area contributed by atoms with Gasteiger partial charge < -0.3 is 5.32 Å². The van der Waals surface area contributed by atoms with Crippen molar-refractivity contribution in [3.8, 4) is 0 Å². The Morgan fingerprint density at radius 3 is 2.16 bits per heavy atom. The van der Waals surface area contributed by atoms with Gasteiger partial charge in [-0.3, -0.25) is 0 Å². The molecule has 1 N–H and O–H groups in total. The van der Waals surface area contributed by atoms with E-state index in [1.807, 2.05) is 44.8 Å². The third-order valence-corrected chi connectivity index (χ3v) is 6.46. The normalized spacial score (nSPS) is 17.4. The van der Waals surface area contributed by atoms with E-state index >= 15 is 0 Å². The Morgan fingerprint density at radius 2 is 1.68 bits per heavy atom. The number of nitrogens with one attached hydrogen (secondary N) is 1. The number of hydrogen-bond acceptors (Lipinski definition) is 4. The monoisotopic (exact) mass is 300 g/mol. The fourth-order valence-corrected chi connectivity index (χ4v) is 5.40. The number of nitrogens with zero attached hydrogens (tertiary/aromatic N) is 1. The van der Waals surface area contributed by atoms with Crippen molar-refractivity contribution >= 4 is 27.5 Å². The van der Waals surface area contributed by atoms with E-state index in [-0.39, 0.29) is 0 Å². The van der Waals surface area contributed by atoms with E-state index in [1.165, 1.54) is 0 Å². The summed E-state index contributed by atoms with van der Waals surface area (Å²) >= 11 is 1.81. The van der Waals surface area contributed by atoms with Crippen LogP contribution in [0.5, 0.6) is 0 Å². The lowest BCUT2D eigenvalue weighted by Gasteiger charge is -2.27. The maximum absolute atomic E-state index is 12.7. The van der Waals surface area contributed by atoms with Crippen molar-refractivity contribution in [1.82, 2.24) is 4.31 Å². The molecule has 106 valence electrons. The molecule has 19 heavy (non-hydrogen) atoms. The van der Waals surface area contributed by atoms with Crippen molar-refractivity contribution in [1.29, 1.82) is 0 Å². The molecule has 2 rings (SSSR count). The SMILES string of the molecule is CNc1cc(C)c(S(=O)(=O)N2CCSCC2)c(C)c1. The van der Waals surface area contributed by atoms with Gasteiger partial charge >= 0.3 is 0 Å². The topological polar surface area (TPSA) is 49.4 Å². The van der Waals surface area contributed by atoms with Gasteiger partial charge in [0.05, 0.1) is 4.90 Å². The quantitative estimate of drug-likeness (QED) is 0.928.